The molecule has 1 aliphatic heterocycles. The lowest BCUT2D eigenvalue weighted by Crippen LogP contribution is -2.22. The number of aromatic nitrogens is 3. The molecule has 0 fully saturated rings. The van der Waals surface area contributed by atoms with Crippen LogP contribution < -0.4 is 10.1 Å². The minimum atomic E-state index is -0.522. The Kier molecular flexibility index (Phi) is 3.95. The number of hydrogen-bond acceptors (Lipinski definition) is 6. The van der Waals surface area contributed by atoms with E-state index in [1.165, 1.54) is 22.8 Å². The lowest BCUT2D eigenvalue weighted by Gasteiger charge is -2.21. The van der Waals surface area contributed by atoms with Crippen molar-refractivity contribution in [2.24, 2.45) is 0 Å². The van der Waals surface area contributed by atoms with Crippen molar-refractivity contribution in [3.05, 3.63) is 53.6 Å². The number of rotatable bonds is 0. The molecule has 3 heterocycles. The van der Waals surface area contributed by atoms with E-state index in [4.69, 9.17) is 9.47 Å². The molecule has 1 N–H and O–H groups in total. The van der Waals surface area contributed by atoms with Crippen molar-refractivity contribution in [3.63, 3.8) is 0 Å². The number of halogens is 1. The predicted molar refractivity (Wildman–Crippen MR) is 91.8 cm³/mol. The second-order valence-electron chi connectivity index (χ2n) is 6.21. The molecule has 0 saturated heterocycles. The van der Waals surface area contributed by atoms with Crippen LogP contribution in [0.3, 0.4) is 0 Å². The highest BCUT2D eigenvalue weighted by Gasteiger charge is 2.21. The van der Waals surface area contributed by atoms with Crippen LogP contribution in [-0.2, 0) is 4.74 Å². The first-order valence-corrected chi connectivity index (χ1v) is 8.25. The number of carbonyl (C=O) groups excluding carboxylic acids is 1. The minimum Gasteiger partial charge on any atom is -0.487 e. The van der Waals surface area contributed by atoms with Gasteiger partial charge in [-0.15, -0.1) is 0 Å². The number of benzene rings is 1. The fraction of sp³-hybridized carbons (Fsp3) is 0.278. The number of nitrogens with one attached hydrogen (secondary N) is 1. The molecule has 3 aromatic rings. The molecular weight excluding hydrogens is 339 g/mol. The van der Waals surface area contributed by atoms with E-state index < -0.39 is 12.1 Å². The Labute approximate surface area is 148 Å². The normalized spacial score (nSPS) is 20.2. The predicted octanol–water partition coefficient (Wildman–Crippen LogP) is 2.98. The topological polar surface area (TPSA) is 77.8 Å². The summed E-state index contributed by atoms with van der Waals surface area (Å²) >= 11 is 0. The van der Waals surface area contributed by atoms with Crippen LogP contribution in [0.2, 0.25) is 0 Å². The van der Waals surface area contributed by atoms with Crippen molar-refractivity contribution in [3.8, 4) is 5.75 Å². The molecule has 0 saturated carbocycles. The van der Waals surface area contributed by atoms with E-state index in [9.17, 15) is 9.18 Å². The van der Waals surface area contributed by atoms with Crippen molar-refractivity contribution in [1.82, 2.24) is 14.6 Å². The number of ether oxygens (including phenoxy) is 2. The first-order valence-electron chi connectivity index (χ1n) is 8.25. The van der Waals surface area contributed by atoms with Crippen molar-refractivity contribution >= 4 is 17.4 Å². The summed E-state index contributed by atoms with van der Waals surface area (Å²) in [5.41, 5.74) is 1.31. The summed E-state index contributed by atoms with van der Waals surface area (Å²) in [6.07, 6.45) is 2.71. The van der Waals surface area contributed by atoms with E-state index in [1.54, 1.807) is 25.3 Å². The van der Waals surface area contributed by atoms with E-state index >= 15 is 0 Å². The molecule has 4 rings (SSSR count). The second kappa shape index (κ2) is 6.29. The molecular formula is C18H17FN4O3. The van der Waals surface area contributed by atoms with Crippen molar-refractivity contribution < 1.29 is 18.7 Å². The Morgan fingerprint density at radius 2 is 2.15 bits per heavy atom. The van der Waals surface area contributed by atoms with Crippen molar-refractivity contribution in [2.75, 3.05) is 11.9 Å². The molecule has 1 unspecified atom stereocenters. The summed E-state index contributed by atoms with van der Waals surface area (Å²) in [4.78, 5) is 16.8. The van der Waals surface area contributed by atoms with Gasteiger partial charge in [0.25, 0.3) is 0 Å². The highest BCUT2D eigenvalue weighted by Crippen LogP contribution is 2.29. The molecule has 2 aromatic heterocycles. The van der Waals surface area contributed by atoms with Gasteiger partial charge in [-0.1, -0.05) is 0 Å². The van der Waals surface area contributed by atoms with Gasteiger partial charge in [0, 0.05) is 11.8 Å². The van der Waals surface area contributed by atoms with Gasteiger partial charge in [0.2, 0.25) is 0 Å². The Balaban J connectivity index is 1.82. The van der Waals surface area contributed by atoms with Crippen LogP contribution in [0.25, 0.3) is 5.65 Å². The molecule has 0 radical (unpaired) electrons. The van der Waals surface area contributed by atoms with Gasteiger partial charge in [-0.2, -0.15) is 5.10 Å². The number of cyclic esters (lactones) is 1. The third-order valence-corrected chi connectivity index (χ3v) is 4.17. The zero-order valence-corrected chi connectivity index (χ0v) is 14.3. The van der Waals surface area contributed by atoms with Crippen LogP contribution >= 0.6 is 0 Å². The molecule has 0 spiro atoms. The lowest BCUT2D eigenvalue weighted by atomic mass is 10.1. The average Bonchev–Trinajstić information content (AvgIpc) is 3.03. The highest BCUT2D eigenvalue weighted by molar-refractivity contribution is 5.95. The van der Waals surface area contributed by atoms with Gasteiger partial charge in [0.05, 0.1) is 12.2 Å². The summed E-state index contributed by atoms with van der Waals surface area (Å²) in [5.74, 6) is 0.179. The number of hydrogen-bond donors (Lipinski definition) is 1. The minimum absolute atomic E-state index is 0.0501. The van der Waals surface area contributed by atoms with Crippen LogP contribution in [0, 0.1) is 5.82 Å². The quantitative estimate of drug-likeness (QED) is 0.624. The number of carbonyl (C=O) groups is 1. The fourth-order valence-electron chi connectivity index (χ4n) is 2.88. The Morgan fingerprint density at radius 1 is 1.31 bits per heavy atom. The maximum atomic E-state index is 13.8. The van der Waals surface area contributed by atoms with Crippen molar-refractivity contribution in [2.45, 2.75) is 26.0 Å². The number of nitrogens with zero attached hydrogens (tertiary/aromatic N) is 3. The van der Waals surface area contributed by atoms with Gasteiger partial charge in [-0.05, 0) is 38.1 Å². The molecule has 2 atom stereocenters. The maximum absolute atomic E-state index is 13.8. The molecule has 8 heteroatoms. The largest absolute Gasteiger partial charge is 0.487 e. The van der Waals surface area contributed by atoms with Crippen LogP contribution in [0.15, 0.2) is 36.7 Å². The Bertz CT molecular complexity index is 988. The zero-order valence-electron chi connectivity index (χ0n) is 14.3. The number of esters is 1. The highest BCUT2D eigenvalue weighted by atomic mass is 19.1. The first kappa shape index (κ1) is 16.3. The van der Waals surface area contributed by atoms with Gasteiger partial charge in [0.1, 0.15) is 35.7 Å². The van der Waals surface area contributed by atoms with E-state index in [1.807, 2.05) is 6.92 Å². The molecule has 7 nitrogen and oxygen atoms in total. The third-order valence-electron chi connectivity index (χ3n) is 4.17. The monoisotopic (exact) mass is 356 g/mol. The van der Waals surface area contributed by atoms with Gasteiger partial charge < -0.3 is 14.8 Å². The first-order chi connectivity index (χ1) is 12.5. The summed E-state index contributed by atoms with van der Waals surface area (Å²) in [5, 5.41) is 7.33. The molecule has 134 valence electrons. The number of fused-ring (bicyclic) bond motifs is 2. The van der Waals surface area contributed by atoms with E-state index in [-0.39, 0.29) is 24.0 Å². The third kappa shape index (κ3) is 2.94. The lowest BCUT2D eigenvalue weighted by molar-refractivity contribution is 0.0341. The smallest absolute Gasteiger partial charge is 0.343 e. The average molecular weight is 356 g/mol. The van der Waals surface area contributed by atoms with Gasteiger partial charge in [-0.25, -0.2) is 18.7 Å². The SMILES string of the molecule is CC1Nc2ccn3ncc(c3n2)C(=O)OC[C@H](C)Oc2ccc(F)cc21. The summed E-state index contributed by atoms with van der Waals surface area (Å²) < 4.78 is 26.5. The van der Waals surface area contributed by atoms with E-state index in [0.717, 1.165) is 0 Å². The Morgan fingerprint density at radius 3 is 3.00 bits per heavy atom. The summed E-state index contributed by atoms with van der Waals surface area (Å²) in [7, 11) is 0. The number of anilines is 1. The Hall–Kier alpha value is -3.16. The molecule has 1 aromatic carbocycles. The zero-order chi connectivity index (χ0) is 18.3. The second-order valence-corrected chi connectivity index (χ2v) is 6.21. The maximum Gasteiger partial charge on any atom is 0.343 e. The standard InChI is InChI=1S/C18H17FN4O3/c1-10-9-25-18(24)14-8-20-23-6-5-16(22-17(14)23)21-11(2)13-7-12(19)3-4-15(13)26-10/h3-8,10-11H,9H2,1-2H3,(H,21,22)/t10-,11?/m0/s1. The van der Waals surface area contributed by atoms with Gasteiger partial charge in [-0.3, -0.25) is 0 Å². The molecule has 26 heavy (non-hydrogen) atoms. The fourth-order valence-corrected chi connectivity index (χ4v) is 2.88. The summed E-state index contributed by atoms with van der Waals surface area (Å²) in [6.45, 7) is 3.72. The van der Waals surface area contributed by atoms with Gasteiger partial charge in [0.15, 0.2) is 5.65 Å². The molecule has 0 aliphatic carbocycles. The molecule has 0 amide bonds. The van der Waals surface area contributed by atoms with Gasteiger partial charge >= 0.3 is 5.97 Å². The summed E-state index contributed by atoms with van der Waals surface area (Å²) in [6, 6.07) is 5.80. The van der Waals surface area contributed by atoms with Crippen LogP contribution in [0.5, 0.6) is 5.75 Å². The van der Waals surface area contributed by atoms with E-state index in [2.05, 4.69) is 15.4 Å². The van der Waals surface area contributed by atoms with Crippen LogP contribution in [0.1, 0.15) is 35.8 Å². The van der Waals surface area contributed by atoms with Crippen LogP contribution in [-0.4, -0.2) is 33.3 Å². The van der Waals surface area contributed by atoms with Crippen LogP contribution in [0.4, 0.5) is 10.2 Å². The molecule has 1 aliphatic rings. The molecule has 2 bridgehead atoms. The van der Waals surface area contributed by atoms with Crippen molar-refractivity contribution in [1.29, 1.82) is 0 Å². The van der Waals surface area contributed by atoms with E-state index in [0.29, 0.717) is 22.8 Å².